The average molecular weight is 341 g/mol. The van der Waals surface area contributed by atoms with E-state index in [0.717, 1.165) is 45.2 Å². The second kappa shape index (κ2) is 8.00. The van der Waals surface area contributed by atoms with Crippen molar-refractivity contribution in [3.8, 4) is 0 Å². The zero-order valence-electron chi connectivity index (χ0n) is 15.3. The quantitative estimate of drug-likeness (QED) is 0.671. The lowest BCUT2D eigenvalue weighted by Gasteiger charge is -2.38. The fourth-order valence-electron chi connectivity index (χ4n) is 3.20. The highest BCUT2D eigenvalue weighted by Crippen LogP contribution is 2.23. The summed E-state index contributed by atoms with van der Waals surface area (Å²) in [6.07, 6.45) is 3.29. The summed E-state index contributed by atoms with van der Waals surface area (Å²) in [4.78, 5) is 13.2. The monoisotopic (exact) mass is 341 g/mol. The Balaban J connectivity index is 1.52. The number of anilines is 1. The summed E-state index contributed by atoms with van der Waals surface area (Å²) in [6.45, 7) is 9.90. The molecule has 1 aliphatic heterocycles. The van der Waals surface area contributed by atoms with Crippen molar-refractivity contribution in [2.45, 2.75) is 20.4 Å². The smallest absolute Gasteiger partial charge is 0.193 e. The molecule has 1 saturated heterocycles. The number of guanidine groups is 1. The molecule has 0 radical (unpaired) electrons. The summed E-state index contributed by atoms with van der Waals surface area (Å²) in [5.74, 6) is 0.959. The number of aliphatic imine (C=N–C) groups is 1. The third kappa shape index (κ3) is 4.10. The van der Waals surface area contributed by atoms with Gasteiger partial charge in [0.25, 0.3) is 0 Å². The normalized spacial score (nSPS) is 15.6. The molecule has 2 heterocycles. The molecule has 3 rings (SSSR count). The Bertz CT molecular complexity index is 700. The minimum atomic E-state index is 0.779. The first-order valence-electron chi connectivity index (χ1n) is 8.78. The Labute approximate surface area is 149 Å². The Hall–Kier alpha value is -2.57. The third-order valence-electron chi connectivity index (χ3n) is 4.80. The summed E-state index contributed by atoms with van der Waals surface area (Å²) in [7, 11) is 1.84. The lowest BCUT2D eigenvalue weighted by molar-refractivity contribution is 0.371. The van der Waals surface area contributed by atoms with Gasteiger partial charge in [0.1, 0.15) is 12.7 Å². The molecule has 1 N–H and O–H groups in total. The van der Waals surface area contributed by atoms with Crippen LogP contribution in [0.3, 0.4) is 0 Å². The highest BCUT2D eigenvalue weighted by molar-refractivity contribution is 5.80. The molecule has 7 heteroatoms. The molecule has 7 nitrogen and oxygen atoms in total. The van der Waals surface area contributed by atoms with E-state index >= 15 is 0 Å². The number of aryl methyl sites for hydroxylation is 1. The molecule has 0 aliphatic carbocycles. The van der Waals surface area contributed by atoms with Crippen LogP contribution in [-0.2, 0) is 6.54 Å². The number of rotatable bonds is 4. The van der Waals surface area contributed by atoms with Crippen LogP contribution < -0.4 is 10.2 Å². The fraction of sp³-hybridized carbons (Fsp3) is 0.500. The van der Waals surface area contributed by atoms with Crippen molar-refractivity contribution in [2.75, 3.05) is 44.7 Å². The standard InChI is InChI=1S/C18H27N7/c1-15-5-4-6-17(16(15)2)23-9-11-24(12-10-23)18(19-3)21-7-8-25-14-20-13-22-25/h4-6,13-14H,7-12H2,1-3H3,(H,19,21). The van der Waals surface area contributed by atoms with Crippen molar-refractivity contribution in [3.05, 3.63) is 42.0 Å². The Morgan fingerprint density at radius 1 is 1.20 bits per heavy atom. The van der Waals surface area contributed by atoms with E-state index in [1.165, 1.54) is 16.8 Å². The second-order valence-electron chi connectivity index (χ2n) is 6.33. The average Bonchev–Trinajstić information content (AvgIpc) is 3.15. The van der Waals surface area contributed by atoms with Gasteiger partial charge >= 0.3 is 0 Å². The van der Waals surface area contributed by atoms with Gasteiger partial charge in [-0.25, -0.2) is 4.98 Å². The Morgan fingerprint density at radius 3 is 2.68 bits per heavy atom. The lowest BCUT2D eigenvalue weighted by Crippen LogP contribution is -2.53. The van der Waals surface area contributed by atoms with Crippen LogP contribution in [-0.4, -0.2) is 65.4 Å². The maximum Gasteiger partial charge on any atom is 0.193 e. The summed E-state index contributed by atoms with van der Waals surface area (Å²) in [6, 6.07) is 6.55. The van der Waals surface area contributed by atoms with E-state index in [9.17, 15) is 0 Å². The molecule has 2 aromatic rings. The number of benzene rings is 1. The van der Waals surface area contributed by atoms with E-state index in [2.05, 4.69) is 62.2 Å². The van der Waals surface area contributed by atoms with Crippen molar-refractivity contribution in [1.82, 2.24) is 25.0 Å². The molecule has 0 atom stereocenters. The molecular weight excluding hydrogens is 314 g/mol. The number of aromatic nitrogens is 3. The van der Waals surface area contributed by atoms with Crippen LogP contribution in [0.4, 0.5) is 5.69 Å². The SMILES string of the molecule is CN=C(NCCn1cncn1)N1CCN(c2cccc(C)c2C)CC1. The first kappa shape index (κ1) is 17.3. The fourth-order valence-corrected chi connectivity index (χ4v) is 3.20. The third-order valence-corrected chi connectivity index (χ3v) is 4.80. The van der Waals surface area contributed by atoms with Crippen molar-refractivity contribution >= 4 is 11.6 Å². The van der Waals surface area contributed by atoms with Gasteiger partial charge in [-0.15, -0.1) is 0 Å². The van der Waals surface area contributed by atoms with Crippen LogP contribution in [0.1, 0.15) is 11.1 Å². The van der Waals surface area contributed by atoms with E-state index in [1.807, 2.05) is 11.7 Å². The van der Waals surface area contributed by atoms with Gasteiger partial charge in [0.15, 0.2) is 5.96 Å². The predicted molar refractivity (Wildman–Crippen MR) is 101 cm³/mol. The maximum absolute atomic E-state index is 4.43. The Morgan fingerprint density at radius 2 is 2.00 bits per heavy atom. The minimum absolute atomic E-state index is 0.779. The molecule has 1 aromatic carbocycles. The van der Waals surface area contributed by atoms with Crippen molar-refractivity contribution in [2.24, 2.45) is 4.99 Å². The van der Waals surface area contributed by atoms with Crippen LogP contribution in [0, 0.1) is 13.8 Å². The molecule has 0 unspecified atom stereocenters. The van der Waals surface area contributed by atoms with Gasteiger partial charge < -0.3 is 15.1 Å². The van der Waals surface area contributed by atoms with E-state index in [0.29, 0.717) is 0 Å². The molecular formula is C18H27N7. The van der Waals surface area contributed by atoms with Gasteiger partial charge in [-0.05, 0) is 31.0 Å². The summed E-state index contributed by atoms with van der Waals surface area (Å²) in [5, 5.41) is 7.54. The largest absolute Gasteiger partial charge is 0.368 e. The van der Waals surface area contributed by atoms with Gasteiger partial charge in [-0.1, -0.05) is 12.1 Å². The van der Waals surface area contributed by atoms with E-state index in [4.69, 9.17) is 0 Å². The predicted octanol–water partition coefficient (Wildman–Crippen LogP) is 1.29. The van der Waals surface area contributed by atoms with Gasteiger partial charge in [0.2, 0.25) is 0 Å². The molecule has 134 valence electrons. The minimum Gasteiger partial charge on any atom is -0.368 e. The van der Waals surface area contributed by atoms with Crippen LogP contribution in [0.25, 0.3) is 0 Å². The van der Waals surface area contributed by atoms with E-state index in [-0.39, 0.29) is 0 Å². The van der Waals surface area contributed by atoms with Gasteiger partial charge in [-0.2, -0.15) is 5.10 Å². The maximum atomic E-state index is 4.43. The number of hydrogen-bond donors (Lipinski definition) is 1. The second-order valence-corrected chi connectivity index (χ2v) is 6.33. The van der Waals surface area contributed by atoms with Crippen LogP contribution in [0.2, 0.25) is 0 Å². The van der Waals surface area contributed by atoms with Crippen LogP contribution in [0.5, 0.6) is 0 Å². The Kier molecular flexibility index (Phi) is 5.53. The zero-order valence-corrected chi connectivity index (χ0v) is 15.3. The molecule has 1 aliphatic rings. The van der Waals surface area contributed by atoms with Gasteiger partial charge in [0, 0.05) is 45.5 Å². The highest BCUT2D eigenvalue weighted by Gasteiger charge is 2.20. The van der Waals surface area contributed by atoms with Crippen molar-refractivity contribution < 1.29 is 0 Å². The molecule has 0 spiro atoms. The van der Waals surface area contributed by atoms with E-state index < -0.39 is 0 Å². The van der Waals surface area contributed by atoms with Gasteiger partial charge in [0.05, 0.1) is 6.54 Å². The number of nitrogens with one attached hydrogen (secondary N) is 1. The molecule has 0 amide bonds. The van der Waals surface area contributed by atoms with Crippen molar-refractivity contribution in [1.29, 1.82) is 0 Å². The molecule has 0 bridgehead atoms. The summed E-state index contributed by atoms with van der Waals surface area (Å²) >= 11 is 0. The molecule has 1 fully saturated rings. The lowest BCUT2D eigenvalue weighted by atomic mass is 10.1. The number of hydrogen-bond acceptors (Lipinski definition) is 4. The summed E-state index contributed by atoms with van der Waals surface area (Å²) < 4.78 is 1.82. The molecule has 0 saturated carbocycles. The summed E-state index contributed by atoms with van der Waals surface area (Å²) in [5.41, 5.74) is 4.09. The number of piperazine rings is 1. The van der Waals surface area contributed by atoms with Crippen molar-refractivity contribution in [3.63, 3.8) is 0 Å². The number of nitrogens with zero attached hydrogens (tertiary/aromatic N) is 6. The van der Waals surface area contributed by atoms with Crippen LogP contribution in [0.15, 0.2) is 35.8 Å². The molecule has 1 aromatic heterocycles. The topological polar surface area (TPSA) is 61.6 Å². The zero-order chi connectivity index (χ0) is 17.6. The highest BCUT2D eigenvalue weighted by atomic mass is 15.4. The first-order valence-corrected chi connectivity index (χ1v) is 8.78. The van der Waals surface area contributed by atoms with Gasteiger partial charge in [-0.3, -0.25) is 9.67 Å². The van der Waals surface area contributed by atoms with Crippen LogP contribution >= 0.6 is 0 Å². The molecule has 25 heavy (non-hydrogen) atoms. The first-order chi connectivity index (χ1) is 12.2. The van der Waals surface area contributed by atoms with E-state index in [1.54, 1.807) is 12.7 Å².